The highest BCUT2D eigenvalue weighted by Gasteiger charge is 2.12. The van der Waals surface area contributed by atoms with Crippen LogP contribution in [-0.4, -0.2) is 70.4 Å². The minimum atomic E-state index is -0.631. The third kappa shape index (κ3) is 9.21. The summed E-state index contributed by atoms with van der Waals surface area (Å²) >= 11 is 0. The summed E-state index contributed by atoms with van der Waals surface area (Å²) < 4.78 is 4.65. The average molecular weight is 469 g/mol. The maximum absolute atomic E-state index is 11.2. The lowest BCUT2D eigenvalue weighted by Gasteiger charge is -2.08. The normalized spacial score (nSPS) is 9.53. The van der Waals surface area contributed by atoms with Gasteiger partial charge in [0.15, 0.2) is 11.6 Å². The van der Waals surface area contributed by atoms with E-state index in [2.05, 4.69) is 4.74 Å². The summed E-state index contributed by atoms with van der Waals surface area (Å²) in [6.07, 6.45) is 0. The Morgan fingerprint density at radius 2 is 1.24 bits per heavy atom. The second kappa shape index (κ2) is 14.9. The van der Waals surface area contributed by atoms with Gasteiger partial charge in [-0.1, -0.05) is 54.6 Å². The summed E-state index contributed by atoms with van der Waals surface area (Å²) in [7, 11) is 2.65. The Morgan fingerprint density at radius 3 is 1.68 bits per heavy atom. The topological polar surface area (TPSA) is 145 Å². The number of Topliss-reactive ketones (excluding diaryl/α,β-unsaturated/α-hetero) is 2. The zero-order chi connectivity index (χ0) is 25.5. The molecule has 0 aliphatic carbocycles. The van der Waals surface area contributed by atoms with Crippen molar-refractivity contribution < 1.29 is 39.6 Å². The fourth-order valence-corrected chi connectivity index (χ4v) is 2.46. The predicted molar refractivity (Wildman–Crippen MR) is 124 cm³/mol. The van der Waals surface area contributed by atoms with E-state index in [1.165, 1.54) is 32.4 Å². The summed E-state index contributed by atoms with van der Waals surface area (Å²) in [4.78, 5) is 33.0. The SMILES string of the molecule is CN(O)C(=O)c1ccccc1O.COCC(=O)c1ccccc1O.O=C(CO)c1ccccc1. The van der Waals surface area contributed by atoms with E-state index < -0.39 is 12.5 Å². The van der Waals surface area contributed by atoms with Crippen molar-refractivity contribution in [1.82, 2.24) is 5.06 Å². The summed E-state index contributed by atoms with van der Waals surface area (Å²) in [6.45, 7) is -0.415. The van der Waals surface area contributed by atoms with Crippen LogP contribution < -0.4 is 0 Å². The molecule has 0 atom stereocenters. The first-order valence-corrected chi connectivity index (χ1v) is 9.97. The fraction of sp³-hybridized carbons (Fsp3) is 0.160. The van der Waals surface area contributed by atoms with Gasteiger partial charge in [0.2, 0.25) is 0 Å². The van der Waals surface area contributed by atoms with Crippen molar-refractivity contribution in [2.24, 2.45) is 0 Å². The number of methoxy groups -OCH3 is 1. The number of ether oxygens (including phenoxy) is 1. The predicted octanol–water partition coefficient (Wildman–Crippen LogP) is 2.94. The molecule has 34 heavy (non-hydrogen) atoms. The first kappa shape index (κ1) is 28.0. The molecule has 0 radical (unpaired) electrons. The molecule has 0 aliphatic rings. The summed E-state index contributed by atoms with van der Waals surface area (Å²) in [5.74, 6) is -1.22. The first-order valence-electron chi connectivity index (χ1n) is 9.97. The number of carbonyl (C=O) groups excluding carboxylic acids is 3. The molecule has 0 spiro atoms. The number of nitrogens with zero attached hydrogens (tertiary/aromatic N) is 1. The van der Waals surface area contributed by atoms with Crippen LogP contribution in [0.5, 0.6) is 11.5 Å². The van der Waals surface area contributed by atoms with Crippen LogP contribution in [0.15, 0.2) is 78.9 Å². The molecule has 0 saturated carbocycles. The van der Waals surface area contributed by atoms with Crippen LogP contribution in [0.2, 0.25) is 0 Å². The Balaban J connectivity index is 0.000000256. The van der Waals surface area contributed by atoms with Crippen LogP contribution >= 0.6 is 0 Å². The molecule has 0 aliphatic heterocycles. The Hall–Kier alpha value is -4.05. The molecule has 0 unspecified atom stereocenters. The second-order valence-electron chi connectivity index (χ2n) is 6.67. The van der Waals surface area contributed by atoms with E-state index in [4.69, 9.17) is 10.3 Å². The summed E-state index contributed by atoms with van der Waals surface area (Å²) in [5.41, 5.74) is 0.951. The van der Waals surface area contributed by atoms with E-state index in [0.29, 0.717) is 16.2 Å². The highest BCUT2D eigenvalue weighted by atomic mass is 16.5. The molecule has 0 fully saturated rings. The molecule has 180 valence electrons. The van der Waals surface area contributed by atoms with Crippen molar-refractivity contribution >= 4 is 17.5 Å². The van der Waals surface area contributed by atoms with Gasteiger partial charge < -0.3 is 20.1 Å². The fourth-order valence-electron chi connectivity index (χ4n) is 2.46. The van der Waals surface area contributed by atoms with Gasteiger partial charge in [0.1, 0.15) is 24.7 Å². The lowest BCUT2D eigenvalue weighted by Crippen LogP contribution is -2.22. The molecule has 3 rings (SSSR count). The van der Waals surface area contributed by atoms with E-state index in [1.54, 1.807) is 54.6 Å². The number of aliphatic hydroxyl groups excluding tert-OH is 1. The van der Waals surface area contributed by atoms with E-state index in [0.717, 1.165) is 0 Å². The van der Waals surface area contributed by atoms with Crippen LogP contribution in [0.1, 0.15) is 31.1 Å². The minimum absolute atomic E-state index is 0.000417. The third-order valence-electron chi connectivity index (χ3n) is 4.15. The van der Waals surface area contributed by atoms with Gasteiger partial charge in [-0.25, -0.2) is 5.06 Å². The van der Waals surface area contributed by atoms with Crippen LogP contribution in [-0.2, 0) is 4.74 Å². The van der Waals surface area contributed by atoms with Gasteiger partial charge in [-0.15, -0.1) is 0 Å². The number of hydrogen-bond acceptors (Lipinski definition) is 8. The molecule has 1 amide bonds. The maximum Gasteiger partial charge on any atom is 0.280 e. The van der Waals surface area contributed by atoms with E-state index >= 15 is 0 Å². The molecule has 0 aromatic heterocycles. The molecule has 9 nitrogen and oxygen atoms in total. The number of hydroxylamine groups is 2. The number of carbonyl (C=O) groups is 3. The molecule has 0 saturated heterocycles. The van der Waals surface area contributed by atoms with Gasteiger partial charge in [-0.3, -0.25) is 19.6 Å². The smallest absolute Gasteiger partial charge is 0.280 e. The minimum Gasteiger partial charge on any atom is -0.507 e. The molecular formula is C25H27NO8. The molecule has 0 bridgehead atoms. The van der Waals surface area contributed by atoms with Gasteiger partial charge in [0.25, 0.3) is 5.91 Å². The second-order valence-corrected chi connectivity index (χ2v) is 6.67. The lowest BCUT2D eigenvalue weighted by atomic mass is 10.1. The van der Waals surface area contributed by atoms with E-state index in [9.17, 15) is 24.6 Å². The van der Waals surface area contributed by atoms with Crippen LogP contribution in [0.25, 0.3) is 0 Å². The van der Waals surface area contributed by atoms with Crippen molar-refractivity contribution in [3.8, 4) is 11.5 Å². The molecule has 9 heteroatoms. The van der Waals surface area contributed by atoms with Gasteiger partial charge in [-0.05, 0) is 24.3 Å². The lowest BCUT2D eigenvalue weighted by molar-refractivity contribution is -0.0376. The number of ketones is 2. The summed E-state index contributed by atoms with van der Waals surface area (Å²) in [6, 6.07) is 21.2. The zero-order valence-corrected chi connectivity index (χ0v) is 18.8. The quantitative estimate of drug-likeness (QED) is 0.245. The van der Waals surface area contributed by atoms with Gasteiger partial charge in [-0.2, -0.15) is 0 Å². The summed E-state index contributed by atoms with van der Waals surface area (Å²) in [5, 5.41) is 36.0. The number of amides is 1. The van der Waals surface area contributed by atoms with E-state index in [1.807, 2.05) is 6.07 Å². The van der Waals surface area contributed by atoms with E-state index in [-0.39, 0.29) is 35.2 Å². The van der Waals surface area contributed by atoms with Crippen molar-refractivity contribution in [3.05, 3.63) is 95.6 Å². The Kier molecular flexibility index (Phi) is 12.3. The molecular weight excluding hydrogens is 442 g/mol. The van der Waals surface area contributed by atoms with Crippen molar-refractivity contribution in [3.63, 3.8) is 0 Å². The van der Waals surface area contributed by atoms with Gasteiger partial charge >= 0.3 is 0 Å². The highest BCUT2D eigenvalue weighted by molar-refractivity contribution is 5.99. The third-order valence-corrected chi connectivity index (χ3v) is 4.15. The largest absolute Gasteiger partial charge is 0.507 e. The highest BCUT2D eigenvalue weighted by Crippen LogP contribution is 2.16. The number of phenolic OH excluding ortho intramolecular Hbond substituents is 2. The monoisotopic (exact) mass is 469 g/mol. The molecule has 4 N–H and O–H groups in total. The number of aliphatic hydroxyl groups is 1. The Bertz CT molecular complexity index is 1070. The number of hydrogen-bond donors (Lipinski definition) is 4. The maximum atomic E-state index is 11.2. The number of phenols is 2. The average Bonchev–Trinajstić information content (AvgIpc) is 2.85. The van der Waals surface area contributed by atoms with Crippen molar-refractivity contribution in [2.75, 3.05) is 27.4 Å². The Morgan fingerprint density at radius 1 is 0.765 bits per heavy atom. The Labute approximate surface area is 197 Å². The first-order chi connectivity index (χ1) is 16.2. The number of benzene rings is 3. The van der Waals surface area contributed by atoms with Gasteiger partial charge in [0, 0.05) is 19.7 Å². The standard InChI is InChI=1S/C9H10O3.C8H9NO3.C8H8O2/c1-12-6-9(11)7-4-2-3-5-8(7)10;1-9(12)8(11)6-4-2-3-5-7(6)10;9-6-8(10)7-4-2-1-3-5-7/h2-5,10H,6H2,1H3;2-5,10,12H,1H3;1-5,9H,6H2. The molecule has 3 aromatic carbocycles. The number of para-hydroxylation sites is 2. The van der Waals surface area contributed by atoms with Gasteiger partial charge in [0.05, 0.1) is 11.1 Å². The molecule has 3 aromatic rings. The zero-order valence-electron chi connectivity index (χ0n) is 18.8. The van der Waals surface area contributed by atoms with Crippen LogP contribution in [0.4, 0.5) is 0 Å². The number of aromatic hydroxyl groups is 2. The van der Waals surface area contributed by atoms with Crippen LogP contribution in [0, 0.1) is 0 Å². The van der Waals surface area contributed by atoms with Crippen LogP contribution in [0.3, 0.4) is 0 Å². The van der Waals surface area contributed by atoms with Crippen molar-refractivity contribution in [1.29, 1.82) is 0 Å². The number of rotatable bonds is 6. The molecule has 0 heterocycles. The van der Waals surface area contributed by atoms with Crippen molar-refractivity contribution in [2.45, 2.75) is 0 Å².